The molecule has 1 N–H and O–H groups in total. The first-order valence-electron chi connectivity index (χ1n) is 9.63. The zero-order chi connectivity index (χ0) is 20.9. The van der Waals surface area contributed by atoms with Crippen molar-refractivity contribution in [1.29, 1.82) is 0 Å². The molecule has 0 fully saturated rings. The fourth-order valence-corrected chi connectivity index (χ4v) is 3.24. The molecule has 2 aromatic carbocycles. The smallest absolute Gasteiger partial charge is 0.300 e. The summed E-state index contributed by atoms with van der Waals surface area (Å²) in [5.74, 6) is 0.00203. The number of rotatable bonds is 7. The minimum absolute atomic E-state index is 0.0872. The van der Waals surface area contributed by atoms with Crippen LogP contribution in [0.2, 0.25) is 0 Å². The number of aryl methyl sites for hydroxylation is 1. The molecular formula is C22H20FN5O2. The van der Waals surface area contributed by atoms with E-state index in [1.807, 2.05) is 30.3 Å². The highest BCUT2D eigenvalue weighted by molar-refractivity contribution is 5.76. The molecule has 7 nitrogen and oxygen atoms in total. The Labute approximate surface area is 171 Å². The number of nitrogens with one attached hydrogen (secondary N) is 1. The number of fused-ring (bicyclic) bond motifs is 1. The number of benzene rings is 2. The molecule has 0 unspecified atom stereocenters. The first-order chi connectivity index (χ1) is 14.6. The molecule has 0 saturated heterocycles. The number of nitrogens with zero attached hydrogens (tertiary/aromatic N) is 4. The predicted molar refractivity (Wildman–Crippen MR) is 110 cm³/mol. The summed E-state index contributed by atoms with van der Waals surface area (Å²) in [6, 6.07) is 15.7. The van der Waals surface area contributed by atoms with Crippen molar-refractivity contribution in [3.8, 4) is 5.69 Å². The van der Waals surface area contributed by atoms with Gasteiger partial charge in [0.15, 0.2) is 0 Å². The highest BCUT2D eigenvalue weighted by Crippen LogP contribution is 2.09. The quantitative estimate of drug-likeness (QED) is 0.512. The van der Waals surface area contributed by atoms with Crippen molar-refractivity contribution >= 4 is 11.6 Å². The molecule has 4 aromatic rings. The fourth-order valence-electron chi connectivity index (χ4n) is 3.24. The van der Waals surface area contributed by atoms with Crippen molar-refractivity contribution in [2.24, 2.45) is 0 Å². The molecule has 0 aliphatic heterocycles. The highest BCUT2D eigenvalue weighted by Gasteiger charge is 2.13. The largest absolute Gasteiger partial charge is 0.356 e. The number of aromatic nitrogens is 4. The molecule has 152 valence electrons. The van der Waals surface area contributed by atoms with Crippen molar-refractivity contribution < 1.29 is 9.18 Å². The normalized spacial score (nSPS) is 11.0. The van der Waals surface area contributed by atoms with Crippen molar-refractivity contribution in [1.82, 2.24) is 24.5 Å². The molecule has 0 radical (unpaired) electrons. The molecule has 0 aliphatic rings. The third kappa shape index (κ3) is 4.27. The topological polar surface area (TPSA) is 81.3 Å². The molecule has 30 heavy (non-hydrogen) atoms. The minimum Gasteiger partial charge on any atom is -0.356 e. The Bertz CT molecular complexity index is 1230. The van der Waals surface area contributed by atoms with E-state index in [4.69, 9.17) is 0 Å². The van der Waals surface area contributed by atoms with E-state index >= 15 is 0 Å². The Hall–Kier alpha value is -3.81. The maximum absolute atomic E-state index is 13.5. The van der Waals surface area contributed by atoms with Gasteiger partial charge in [-0.3, -0.25) is 18.6 Å². The Kier molecular flexibility index (Phi) is 5.65. The van der Waals surface area contributed by atoms with Gasteiger partial charge < -0.3 is 5.32 Å². The Balaban J connectivity index is 1.41. The zero-order valence-corrected chi connectivity index (χ0v) is 16.2. The number of halogens is 1. The lowest BCUT2D eigenvalue weighted by Crippen LogP contribution is -2.26. The summed E-state index contributed by atoms with van der Waals surface area (Å²) in [5.41, 5.74) is 1.29. The van der Waals surface area contributed by atoms with Crippen LogP contribution in [-0.4, -0.2) is 31.6 Å². The average Bonchev–Trinajstić information content (AvgIpc) is 3.17. The summed E-state index contributed by atoms with van der Waals surface area (Å²) in [6.07, 6.45) is 4.53. The van der Waals surface area contributed by atoms with Crippen molar-refractivity contribution in [3.63, 3.8) is 0 Å². The molecule has 2 aromatic heterocycles. The standard InChI is InChI=1S/C22H20FN5O2/c23-17-7-4-8-18(15-17)27-13-14-28-19(25-26-21(28)22(27)30)9-10-20(29)24-12-11-16-5-2-1-3-6-16/h1-8,13-15H,9-12H2,(H,24,29). The van der Waals surface area contributed by atoms with Gasteiger partial charge in [-0.1, -0.05) is 36.4 Å². The monoisotopic (exact) mass is 405 g/mol. The summed E-state index contributed by atoms with van der Waals surface area (Å²) in [7, 11) is 0. The van der Waals surface area contributed by atoms with Crippen LogP contribution in [0, 0.1) is 5.82 Å². The third-order valence-electron chi connectivity index (χ3n) is 4.78. The van der Waals surface area contributed by atoms with Gasteiger partial charge in [-0.15, -0.1) is 10.2 Å². The second-order valence-corrected chi connectivity index (χ2v) is 6.85. The molecule has 2 heterocycles. The van der Waals surface area contributed by atoms with E-state index in [2.05, 4.69) is 15.5 Å². The summed E-state index contributed by atoms with van der Waals surface area (Å²) in [5, 5.41) is 10.9. The van der Waals surface area contributed by atoms with E-state index in [1.165, 1.54) is 29.0 Å². The minimum atomic E-state index is -0.431. The second-order valence-electron chi connectivity index (χ2n) is 6.85. The molecule has 0 spiro atoms. The van der Waals surface area contributed by atoms with E-state index < -0.39 is 11.4 Å². The van der Waals surface area contributed by atoms with Gasteiger partial charge in [0.25, 0.3) is 0 Å². The van der Waals surface area contributed by atoms with Gasteiger partial charge in [-0.25, -0.2) is 4.39 Å². The van der Waals surface area contributed by atoms with Crippen LogP contribution in [0.3, 0.4) is 0 Å². The lowest BCUT2D eigenvalue weighted by atomic mass is 10.1. The summed E-state index contributed by atoms with van der Waals surface area (Å²) in [6.45, 7) is 0.557. The first-order valence-corrected chi connectivity index (χ1v) is 9.63. The summed E-state index contributed by atoms with van der Waals surface area (Å²) < 4.78 is 16.4. The lowest BCUT2D eigenvalue weighted by Gasteiger charge is -2.07. The molecule has 0 saturated carbocycles. The molecule has 1 amide bonds. The van der Waals surface area contributed by atoms with E-state index in [1.54, 1.807) is 16.7 Å². The van der Waals surface area contributed by atoms with Gasteiger partial charge in [0.1, 0.15) is 11.6 Å². The molecule has 8 heteroatoms. The van der Waals surface area contributed by atoms with E-state index in [9.17, 15) is 14.0 Å². The number of amides is 1. The van der Waals surface area contributed by atoms with Crippen LogP contribution in [-0.2, 0) is 17.6 Å². The van der Waals surface area contributed by atoms with Crippen LogP contribution < -0.4 is 10.9 Å². The van der Waals surface area contributed by atoms with Gasteiger partial charge in [0.05, 0.1) is 5.69 Å². The van der Waals surface area contributed by atoms with Gasteiger partial charge in [0.2, 0.25) is 11.6 Å². The molecular weight excluding hydrogens is 385 g/mol. The molecule has 0 aliphatic carbocycles. The molecule has 0 atom stereocenters. The van der Waals surface area contributed by atoms with Crippen LogP contribution in [0.25, 0.3) is 11.3 Å². The van der Waals surface area contributed by atoms with E-state index in [0.717, 1.165) is 12.0 Å². The number of hydrogen-bond donors (Lipinski definition) is 1. The lowest BCUT2D eigenvalue weighted by molar-refractivity contribution is -0.121. The van der Waals surface area contributed by atoms with Crippen molar-refractivity contribution in [2.45, 2.75) is 19.3 Å². The SMILES string of the molecule is O=C(CCc1nnc2c(=O)n(-c3cccc(F)c3)ccn12)NCCc1ccccc1. The maximum Gasteiger partial charge on any atom is 0.300 e. The van der Waals surface area contributed by atoms with E-state index in [-0.39, 0.29) is 18.0 Å². The fraction of sp³-hybridized carbons (Fsp3) is 0.182. The zero-order valence-electron chi connectivity index (χ0n) is 16.2. The van der Waals surface area contributed by atoms with Gasteiger partial charge in [-0.05, 0) is 30.2 Å². The number of carbonyl (C=O) groups excluding carboxylic acids is 1. The van der Waals surface area contributed by atoms with Gasteiger partial charge in [-0.2, -0.15) is 0 Å². The summed E-state index contributed by atoms with van der Waals surface area (Å²) >= 11 is 0. The first kappa shape index (κ1) is 19.5. The average molecular weight is 405 g/mol. The predicted octanol–water partition coefficient (Wildman–Crippen LogP) is 2.31. The maximum atomic E-state index is 13.5. The van der Waals surface area contributed by atoms with Crippen LogP contribution >= 0.6 is 0 Å². The Morgan fingerprint density at radius 1 is 1.00 bits per heavy atom. The summed E-state index contributed by atoms with van der Waals surface area (Å²) in [4.78, 5) is 24.8. The Morgan fingerprint density at radius 3 is 2.63 bits per heavy atom. The highest BCUT2D eigenvalue weighted by atomic mass is 19.1. The molecule has 0 bridgehead atoms. The number of hydrogen-bond acceptors (Lipinski definition) is 4. The molecule has 4 rings (SSSR count). The van der Waals surface area contributed by atoms with Gasteiger partial charge >= 0.3 is 5.56 Å². The second kappa shape index (κ2) is 8.69. The number of carbonyl (C=O) groups is 1. The van der Waals surface area contributed by atoms with Crippen molar-refractivity contribution in [3.05, 3.63) is 94.5 Å². The van der Waals surface area contributed by atoms with Crippen LogP contribution in [0.4, 0.5) is 4.39 Å². The van der Waals surface area contributed by atoms with Crippen molar-refractivity contribution in [2.75, 3.05) is 6.54 Å². The Morgan fingerprint density at radius 2 is 1.83 bits per heavy atom. The van der Waals surface area contributed by atoms with Crippen LogP contribution in [0.15, 0.2) is 71.8 Å². The van der Waals surface area contributed by atoms with E-state index in [0.29, 0.717) is 24.5 Å². The van der Waals surface area contributed by atoms with Crippen LogP contribution in [0.1, 0.15) is 17.8 Å². The van der Waals surface area contributed by atoms with Gasteiger partial charge in [0, 0.05) is 31.8 Å². The third-order valence-corrected chi connectivity index (χ3v) is 4.78. The van der Waals surface area contributed by atoms with Crippen LogP contribution in [0.5, 0.6) is 0 Å².